The van der Waals surface area contributed by atoms with Crippen LogP contribution in [-0.4, -0.2) is 5.11 Å². The maximum atomic E-state index is 12.7. The number of hydrogen-bond donors (Lipinski definition) is 1. The van der Waals surface area contributed by atoms with E-state index < -0.39 is 17.4 Å². The van der Waals surface area contributed by atoms with Crippen molar-refractivity contribution < 1.29 is 13.9 Å². The smallest absolute Gasteiger partial charge is 0.171 e. The lowest BCUT2D eigenvalue weighted by Crippen LogP contribution is -1.89. The highest BCUT2D eigenvalue weighted by Crippen LogP contribution is 2.30. The molecule has 1 rings (SSSR count). The van der Waals surface area contributed by atoms with Crippen molar-refractivity contribution in [2.24, 2.45) is 0 Å². The molecule has 1 aromatic rings. The van der Waals surface area contributed by atoms with Gasteiger partial charge in [-0.25, -0.2) is 8.78 Å². The maximum absolute atomic E-state index is 12.7. The minimum atomic E-state index is -0.920. The van der Waals surface area contributed by atoms with E-state index in [2.05, 4.69) is 15.9 Å². The molecule has 1 aromatic carbocycles. The first-order chi connectivity index (χ1) is 5.04. The van der Waals surface area contributed by atoms with Gasteiger partial charge in [-0.05, 0) is 28.9 Å². The number of hydrogen-bond acceptors (Lipinski definition) is 1. The van der Waals surface area contributed by atoms with Crippen molar-refractivity contribution in [3.8, 4) is 5.75 Å². The minimum Gasteiger partial charge on any atom is -0.504 e. The molecule has 0 heterocycles. The molecule has 1 N–H and O–H groups in total. The zero-order chi connectivity index (χ0) is 8.59. The van der Waals surface area contributed by atoms with Crippen LogP contribution in [0, 0.1) is 18.6 Å². The fraction of sp³-hybridized carbons (Fsp3) is 0.143. The van der Waals surface area contributed by atoms with Crippen LogP contribution < -0.4 is 0 Å². The third-order valence-electron chi connectivity index (χ3n) is 1.38. The van der Waals surface area contributed by atoms with E-state index in [4.69, 9.17) is 5.11 Å². The van der Waals surface area contributed by atoms with Gasteiger partial charge in [0.05, 0.1) is 4.47 Å². The van der Waals surface area contributed by atoms with Crippen molar-refractivity contribution in [1.29, 1.82) is 0 Å². The lowest BCUT2D eigenvalue weighted by Gasteiger charge is -2.02. The summed E-state index contributed by atoms with van der Waals surface area (Å²) in [6.07, 6.45) is 0. The molecule has 0 aromatic heterocycles. The van der Waals surface area contributed by atoms with Crippen molar-refractivity contribution >= 4 is 15.9 Å². The van der Waals surface area contributed by atoms with E-state index in [0.717, 1.165) is 6.07 Å². The molecule has 0 bridgehead atoms. The van der Waals surface area contributed by atoms with Gasteiger partial charge in [-0.3, -0.25) is 0 Å². The second-order valence-corrected chi connectivity index (χ2v) is 2.98. The van der Waals surface area contributed by atoms with Crippen LogP contribution in [0.15, 0.2) is 10.5 Å². The molecule has 60 valence electrons. The highest BCUT2D eigenvalue weighted by molar-refractivity contribution is 9.10. The van der Waals surface area contributed by atoms with Gasteiger partial charge in [0.15, 0.2) is 11.6 Å². The first kappa shape index (κ1) is 8.46. The first-order valence-electron chi connectivity index (χ1n) is 2.87. The number of phenolic OH excluding ortho intramolecular Hbond substituents is 1. The van der Waals surface area contributed by atoms with Crippen LogP contribution in [-0.2, 0) is 0 Å². The highest BCUT2D eigenvalue weighted by Gasteiger charge is 2.12. The van der Waals surface area contributed by atoms with E-state index in [9.17, 15) is 8.78 Å². The molecule has 0 unspecified atom stereocenters. The Morgan fingerprint density at radius 3 is 2.55 bits per heavy atom. The Hall–Kier alpha value is -0.640. The van der Waals surface area contributed by atoms with Gasteiger partial charge in [0.1, 0.15) is 5.82 Å². The SMILES string of the molecule is Cc1c(F)cc(Br)c(O)c1F. The molecule has 0 saturated carbocycles. The van der Waals surface area contributed by atoms with Gasteiger partial charge >= 0.3 is 0 Å². The summed E-state index contributed by atoms with van der Waals surface area (Å²) in [6, 6.07) is 1.02. The van der Waals surface area contributed by atoms with Gasteiger partial charge in [-0.1, -0.05) is 0 Å². The number of rotatable bonds is 0. The Morgan fingerprint density at radius 1 is 1.45 bits per heavy atom. The summed E-state index contributed by atoms with van der Waals surface area (Å²) in [5.74, 6) is -2.15. The molecule has 0 saturated heterocycles. The zero-order valence-electron chi connectivity index (χ0n) is 5.66. The summed E-state index contributed by atoms with van der Waals surface area (Å²) in [5.41, 5.74) is -0.175. The number of benzene rings is 1. The second kappa shape index (κ2) is 2.77. The largest absolute Gasteiger partial charge is 0.504 e. The number of halogens is 3. The topological polar surface area (TPSA) is 20.2 Å². The third-order valence-corrected chi connectivity index (χ3v) is 1.98. The van der Waals surface area contributed by atoms with Gasteiger partial charge in [-0.2, -0.15) is 0 Å². The average Bonchev–Trinajstić information content (AvgIpc) is 1.97. The maximum Gasteiger partial charge on any atom is 0.171 e. The molecule has 11 heavy (non-hydrogen) atoms. The molecular weight excluding hydrogens is 218 g/mol. The lowest BCUT2D eigenvalue weighted by atomic mass is 10.2. The number of phenols is 1. The van der Waals surface area contributed by atoms with Crippen LogP contribution >= 0.6 is 15.9 Å². The van der Waals surface area contributed by atoms with E-state index in [1.54, 1.807) is 0 Å². The summed E-state index contributed by atoms with van der Waals surface area (Å²) < 4.78 is 25.4. The molecule has 0 aliphatic rings. The molecule has 0 radical (unpaired) electrons. The monoisotopic (exact) mass is 222 g/mol. The Kier molecular flexibility index (Phi) is 2.13. The summed E-state index contributed by atoms with van der Waals surface area (Å²) in [7, 11) is 0. The van der Waals surface area contributed by atoms with Crippen LogP contribution in [0.4, 0.5) is 8.78 Å². The summed E-state index contributed by atoms with van der Waals surface area (Å²) in [5, 5.41) is 8.92. The van der Waals surface area contributed by atoms with Crippen molar-refractivity contribution in [1.82, 2.24) is 0 Å². The van der Waals surface area contributed by atoms with E-state index in [1.807, 2.05) is 0 Å². The predicted molar refractivity (Wildman–Crippen MR) is 40.5 cm³/mol. The van der Waals surface area contributed by atoms with Crippen LogP contribution in [0.2, 0.25) is 0 Å². The van der Waals surface area contributed by atoms with Gasteiger partial charge in [0.2, 0.25) is 0 Å². The molecule has 0 spiro atoms. The molecule has 1 nitrogen and oxygen atoms in total. The third kappa shape index (κ3) is 1.35. The van der Waals surface area contributed by atoms with Crippen molar-refractivity contribution in [2.75, 3.05) is 0 Å². The molecule has 0 amide bonds. The molecule has 0 fully saturated rings. The normalized spacial score (nSPS) is 10.2. The second-order valence-electron chi connectivity index (χ2n) is 2.13. The van der Waals surface area contributed by atoms with Crippen LogP contribution in [0.3, 0.4) is 0 Å². The quantitative estimate of drug-likeness (QED) is 0.716. The zero-order valence-corrected chi connectivity index (χ0v) is 7.24. The molecule has 4 heteroatoms. The summed E-state index contributed by atoms with van der Waals surface area (Å²) in [4.78, 5) is 0. The van der Waals surface area contributed by atoms with Crippen LogP contribution in [0.1, 0.15) is 5.56 Å². The first-order valence-corrected chi connectivity index (χ1v) is 3.66. The lowest BCUT2D eigenvalue weighted by molar-refractivity contribution is 0.421. The minimum absolute atomic E-state index is 0.0260. The van der Waals surface area contributed by atoms with Gasteiger partial charge in [0, 0.05) is 5.56 Å². The van der Waals surface area contributed by atoms with E-state index in [1.165, 1.54) is 6.92 Å². The highest BCUT2D eigenvalue weighted by atomic mass is 79.9. The van der Waals surface area contributed by atoms with Gasteiger partial charge in [-0.15, -0.1) is 0 Å². The predicted octanol–water partition coefficient (Wildman–Crippen LogP) is 2.74. The summed E-state index contributed by atoms with van der Waals surface area (Å²) in [6.45, 7) is 1.26. The Bertz CT molecular complexity index is 273. The van der Waals surface area contributed by atoms with Crippen molar-refractivity contribution in [3.63, 3.8) is 0 Å². The Balaban J connectivity index is 3.46. The van der Waals surface area contributed by atoms with Gasteiger partial charge < -0.3 is 5.11 Å². The fourth-order valence-electron chi connectivity index (χ4n) is 0.675. The Labute approximate surface area is 70.8 Å². The Morgan fingerprint density at radius 2 is 2.00 bits per heavy atom. The van der Waals surface area contributed by atoms with Crippen LogP contribution in [0.5, 0.6) is 5.75 Å². The summed E-state index contributed by atoms with van der Waals surface area (Å²) >= 11 is 2.80. The van der Waals surface area contributed by atoms with E-state index in [-0.39, 0.29) is 10.0 Å². The van der Waals surface area contributed by atoms with Crippen molar-refractivity contribution in [2.45, 2.75) is 6.92 Å². The standard InChI is InChI=1S/C7H5BrF2O/c1-3-5(9)2-4(8)7(11)6(3)10/h2,11H,1H3. The van der Waals surface area contributed by atoms with E-state index >= 15 is 0 Å². The fourth-order valence-corrected chi connectivity index (χ4v) is 1.05. The average molecular weight is 223 g/mol. The van der Waals surface area contributed by atoms with E-state index in [0.29, 0.717) is 0 Å². The van der Waals surface area contributed by atoms with Crippen molar-refractivity contribution in [3.05, 3.63) is 27.7 Å². The molecule has 0 aliphatic heterocycles. The number of aromatic hydroxyl groups is 1. The molecule has 0 atom stereocenters. The van der Waals surface area contributed by atoms with Gasteiger partial charge in [0.25, 0.3) is 0 Å². The van der Waals surface area contributed by atoms with Crippen LogP contribution in [0.25, 0.3) is 0 Å². The molecule has 0 aliphatic carbocycles. The molecular formula is C7H5BrF2O.